The minimum atomic E-state index is -0.574. The fourth-order valence-corrected chi connectivity index (χ4v) is 1.87. The van der Waals surface area contributed by atoms with Gasteiger partial charge in [0, 0.05) is 28.3 Å². The second kappa shape index (κ2) is 6.80. The van der Waals surface area contributed by atoms with Crippen molar-refractivity contribution in [3.8, 4) is 0 Å². The van der Waals surface area contributed by atoms with Gasteiger partial charge in [0.25, 0.3) is 12.7 Å². The minimum absolute atomic E-state index is 0.276. The Morgan fingerprint density at radius 1 is 1.24 bits per heavy atom. The van der Waals surface area contributed by atoms with Crippen LogP contribution in [-0.2, 0) is 28.5 Å². The van der Waals surface area contributed by atoms with Gasteiger partial charge in [0.05, 0.1) is 6.61 Å². The highest BCUT2D eigenvalue weighted by Crippen LogP contribution is 2.25. The van der Waals surface area contributed by atoms with E-state index in [-0.39, 0.29) is 12.2 Å². The molecule has 0 spiro atoms. The van der Waals surface area contributed by atoms with Crippen molar-refractivity contribution in [2.75, 3.05) is 27.9 Å². The molecular weight excluding hydrogens is 228 g/mol. The third-order valence-corrected chi connectivity index (χ3v) is 2.58. The second-order valence-electron chi connectivity index (χ2n) is 3.74. The Morgan fingerprint density at radius 2 is 1.88 bits per heavy atom. The molecule has 0 aliphatic carbocycles. The summed E-state index contributed by atoms with van der Waals surface area (Å²) in [5.74, 6) is -0.392. The SMILES string of the molecule is COC[C@H]1O[CH+][C@@H](OC(C)=O)[C@@H](OC)[C@@H]1OC. The molecule has 0 aromatic heterocycles. The van der Waals surface area contributed by atoms with Crippen LogP contribution in [0.15, 0.2) is 0 Å². The van der Waals surface area contributed by atoms with Gasteiger partial charge in [0.15, 0.2) is 12.2 Å². The monoisotopic (exact) mass is 247 g/mol. The number of carbonyl (C=O) groups is 1. The van der Waals surface area contributed by atoms with E-state index in [0.717, 1.165) is 0 Å². The van der Waals surface area contributed by atoms with Crippen LogP contribution in [0.3, 0.4) is 0 Å². The zero-order valence-corrected chi connectivity index (χ0v) is 10.5. The van der Waals surface area contributed by atoms with E-state index < -0.39 is 18.2 Å². The van der Waals surface area contributed by atoms with Crippen LogP contribution in [0.4, 0.5) is 0 Å². The molecule has 6 heteroatoms. The van der Waals surface area contributed by atoms with Gasteiger partial charge in [-0.2, -0.15) is 4.74 Å². The zero-order chi connectivity index (χ0) is 12.8. The Bertz CT molecular complexity index is 244. The third kappa shape index (κ3) is 3.57. The summed E-state index contributed by atoms with van der Waals surface area (Å²) in [5.41, 5.74) is 0. The maximum atomic E-state index is 11.0. The maximum Gasteiger partial charge on any atom is 0.306 e. The van der Waals surface area contributed by atoms with E-state index >= 15 is 0 Å². The standard InChI is InChI=1S/C11H19O6/c1-7(12)17-9-6-16-8(5-13-2)10(14-3)11(9)15-4/h6,8-11H,5H2,1-4H3/q+1/t8-,9-,10-,11-/m1/s1. The van der Waals surface area contributed by atoms with Gasteiger partial charge in [0.1, 0.15) is 6.10 Å². The molecular formula is C11H19O6+. The Kier molecular flexibility index (Phi) is 5.70. The summed E-state index contributed by atoms with van der Waals surface area (Å²) in [5, 5.41) is 0. The van der Waals surface area contributed by atoms with E-state index in [1.807, 2.05) is 0 Å². The molecule has 1 aliphatic rings. The van der Waals surface area contributed by atoms with Gasteiger partial charge in [-0.25, -0.2) is 0 Å². The predicted octanol–water partition coefficient (Wildman–Crippen LogP) is 0.155. The smallest absolute Gasteiger partial charge is 0.306 e. The molecule has 0 N–H and O–H groups in total. The number of hydrogen-bond acceptors (Lipinski definition) is 6. The molecule has 0 radical (unpaired) electrons. The van der Waals surface area contributed by atoms with Crippen molar-refractivity contribution in [3.63, 3.8) is 0 Å². The highest BCUT2D eigenvalue weighted by molar-refractivity contribution is 5.66. The molecule has 0 saturated carbocycles. The topological polar surface area (TPSA) is 63.2 Å². The van der Waals surface area contributed by atoms with Gasteiger partial charge in [0.2, 0.25) is 0 Å². The summed E-state index contributed by atoms with van der Waals surface area (Å²) in [6, 6.07) is 0. The lowest BCUT2D eigenvalue weighted by Gasteiger charge is -2.34. The molecule has 0 aromatic rings. The first-order chi connectivity index (χ1) is 8.13. The van der Waals surface area contributed by atoms with Crippen LogP contribution in [0, 0.1) is 6.61 Å². The van der Waals surface area contributed by atoms with Crippen LogP contribution >= 0.6 is 0 Å². The summed E-state index contributed by atoms with van der Waals surface area (Å²) < 4.78 is 26.2. The molecule has 1 heterocycles. The van der Waals surface area contributed by atoms with Crippen molar-refractivity contribution in [1.82, 2.24) is 0 Å². The normalized spacial score (nSPS) is 32.9. The van der Waals surface area contributed by atoms with Crippen molar-refractivity contribution >= 4 is 5.97 Å². The summed E-state index contributed by atoms with van der Waals surface area (Å²) >= 11 is 0. The minimum Gasteiger partial charge on any atom is -0.414 e. The molecule has 0 unspecified atom stereocenters. The largest absolute Gasteiger partial charge is 0.414 e. The molecule has 0 aromatic carbocycles. The predicted molar refractivity (Wildman–Crippen MR) is 58.2 cm³/mol. The lowest BCUT2D eigenvalue weighted by molar-refractivity contribution is -0.205. The molecule has 98 valence electrons. The first-order valence-electron chi connectivity index (χ1n) is 5.34. The highest BCUT2D eigenvalue weighted by Gasteiger charge is 2.49. The number of hydrogen-bond donors (Lipinski definition) is 0. The van der Waals surface area contributed by atoms with Crippen LogP contribution in [0.25, 0.3) is 0 Å². The van der Waals surface area contributed by atoms with Gasteiger partial charge >= 0.3 is 5.97 Å². The van der Waals surface area contributed by atoms with Gasteiger partial charge in [-0.1, -0.05) is 0 Å². The van der Waals surface area contributed by atoms with Crippen LogP contribution in [-0.4, -0.2) is 58.3 Å². The summed E-state index contributed by atoms with van der Waals surface area (Å²) in [7, 11) is 4.67. The average Bonchev–Trinajstić information content (AvgIpc) is 2.30. The van der Waals surface area contributed by atoms with Crippen LogP contribution in [0.1, 0.15) is 6.92 Å². The highest BCUT2D eigenvalue weighted by atomic mass is 16.6. The lowest BCUT2D eigenvalue weighted by atomic mass is 10.00. The molecule has 1 aliphatic heterocycles. The van der Waals surface area contributed by atoms with E-state index in [1.54, 1.807) is 14.2 Å². The summed E-state index contributed by atoms with van der Waals surface area (Å²) in [6.45, 7) is 3.17. The number of esters is 1. The lowest BCUT2D eigenvalue weighted by Crippen LogP contribution is -2.55. The van der Waals surface area contributed by atoms with Crippen molar-refractivity contribution in [1.29, 1.82) is 0 Å². The van der Waals surface area contributed by atoms with Gasteiger partial charge in [-0.05, 0) is 0 Å². The number of ether oxygens (including phenoxy) is 5. The molecule has 0 amide bonds. The third-order valence-electron chi connectivity index (χ3n) is 2.58. The Hall–Kier alpha value is -0.820. The molecule has 4 atom stereocenters. The van der Waals surface area contributed by atoms with Crippen molar-refractivity contribution in [2.24, 2.45) is 0 Å². The molecule has 0 bridgehead atoms. The summed E-state index contributed by atoms with van der Waals surface area (Å²) in [4.78, 5) is 11.0. The molecule has 1 saturated heterocycles. The molecule has 1 fully saturated rings. The van der Waals surface area contributed by atoms with Crippen LogP contribution in [0.2, 0.25) is 0 Å². The second-order valence-corrected chi connectivity index (χ2v) is 3.74. The molecule has 1 rings (SSSR count). The van der Waals surface area contributed by atoms with Gasteiger partial charge in [-0.3, -0.25) is 4.79 Å². The first-order valence-corrected chi connectivity index (χ1v) is 5.34. The quantitative estimate of drug-likeness (QED) is 0.509. The van der Waals surface area contributed by atoms with Crippen LogP contribution in [0.5, 0.6) is 0 Å². The average molecular weight is 247 g/mol. The Morgan fingerprint density at radius 3 is 2.35 bits per heavy atom. The number of methoxy groups -OCH3 is 3. The van der Waals surface area contributed by atoms with E-state index in [4.69, 9.17) is 23.7 Å². The number of rotatable bonds is 5. The fraction of sp³-hybridized carbons (Fsp3) is 0.818. The van der Waals surface area contributed by atoms with E-state index in [0.29, 0.717) is 6.61 Å². The van der Waals surface area contributed by atoms with E-state index in [9.17, 15) is 4.79 Å². The van der Waals surface area contributed by atoms with Crippen molar-refractivity contribution < 1.29 is 28.5 Å². The molecule has 17 heavy (non-hydrogen) atoms. The zero-order valence-electron chi connectivity index (χ0n) is 10.5. The van der Waals surface area contributed by atoms with Crippen molar-refractivity contribution in [2.45, 2.75) is 31.3 Å². The van der Waals surface area contributed by atoms with Gasteiger partial charge in [-0.15, -0.1) is 0 Å². The maximum absolute atomic E-state index is 11.0. The Labute approximate surface area is 101 Å². The number of carbonyl (C=O) groups excluding carboxylic acids is 1. The fourth-order valence-electron chi connectivity index (χ4n) is 1.87. The Balaban J connectivity index is 2.70. The van der Waals surface area contributed by atoms with Gasteiger partial charge < -0.3 is 18.9 Å². The molecule has 6 nitrogen and oxygen atoms in total. The summed E-state index contributed by atoms with van der Waals surface area (Å²) in [6.07, 6.45) is -1.61. The van der Waals surface area contributed by atoms with Crippen LogP contribution < -0.4 is 0 Å². The van der Waals surface area contributed by atoms with E-state index in [1.165, 1.54) is 20.6 Å². The van der Waals surface area contributed by atoms with E-state index in [2.05, 4.69) is 0 Å². The van der Waals surface area contributed by atoms with Crippen molar-refractivity contribution in [3.05, 3.63) is 6.61 Å². The first kappa shape index (κ1) is 14.2.